The maximum atomic E-state index is 13.1. The minimum Gasteiger partial charge on any atom is -0.469 e. The second kappa shape index (κ2) is 8.82. The number of carbonyl (C=O) groups excluding carboxylic acids is 2. The molecule has 0 saturated carbocycles. The van der Waals surface area contributed by atoms with Crippen LogP contribution in [-0.2, 0) is 16.1 Å². The number of esters is 1. The molecule has 0 aromatic heterocycles. The summed E-state index contributed by atoms with van der Waals surface area (Å²) in [4.78, 5) is 25.8. The number of urea groups is 1. The van der Waals surface area contributed by atoms with Crippen LogP contribution in [0, 0.1) is 11.7 Å². The van der Waals surface area contributed by atoms with E-state index < -0.39 is 11.9 Å². The van der Waals surface area contributed by atoms with Crippen molar-refractivity contribution in [3.63, 3.8) is 0 Å². The zero-order valence-corrected chi connectivity index (χ0v) is 14.2. The van der Waals surface area contributed by atoms with Crippen molar-refractivity contribution in [2.24, 2.45) is 5.92 Å². The van der Waals surface area contributed by atoms with Crippen molar-refractivity contribution in [2.45, 2.75) is 13.5 Å². The molecule has 2 aromatic carbocycles. The molecule has 0 fully saturated rings. The lowest BCUT2D eigenvalue weighted by Gasteiger charge is -2.25. The van der Waals surface area contributed by atoms with Gasteiger partial charge in [0.2, 0.25) is 0 Å². The van der Waals surface area contributed by atoms with Crippen LogP contribution in [0.2, 0.25) is 0 Å². The van der Waals surface area contributed by atoms with Crippen LogP contribution in [0.5, 0.6) is 0 Å². The van der Waals surface area contributed by atoms with Gasteiger partial charge in [-0.15, -0.1) is 0 Å². The standard InChI is InChI=1S/C19H21FN2O3/c1-14(18(23)25-2)12-22(13-15-8-10-16(20)11-9-15)19(24)21-17-6-4-3-5-7-17/h3-11,14H,12-13H2,1-2H3,(H,21,24). The lowest BCUT2D eigenvalue weighted by Crippen LogP contribution is -2.39. The molecule has 5 nitrogen and oxygen atoms in total. The number of methoxy groups -OCH3 is 1. The van der Waals surface area contributed by atoms with Crippen molar-refractivity contribution in [3.05, 3.63) is 66.0 Å². The van der Waals surface area contributed by atoms with Crippen LogP contribution in [0.15, 0.2) is 54.6 Å². The lowest BCUT2D eigenvalue weighted by molar-refractivity contribution is -0.145. The molecule has 0 spiro atoms. The van der Waals surface area contributed by atoms with Crippen LogP contribution in [0.25, 0.3) is 0 Å². The third-order valence-electron chi connectivity index (χ3n) is 3.70. The van der Waals surface area contributed by atoms with E-state index in [2.05, 4.69) is 5.32 Å². The first-order valence-corrected chi connectivity index (χ1v) is 7.93. The van der Waals surface area contributed by atoms with Crippen LogP contribution in [-0.4, -0.2) is 30.6 Å². The number of hydrogen-bond acceptors (Lipinski definition) is 3. The van der Waals surface area contributed by atoms with Crippen molar-refractivity contribution in [1.82, 2.24) is 4.90 Å². The summed E-state index contributed by atoms with van der Waals surface area (Å²) in [5, 5.41) is 2.80. The second-order valence-electron chi connectivity index (χ2n) is 5.73. The van der Waals surface area contributed by atoms with E-state index >= 15 is 0 Å². The highest BCUT2D eigenvalue weighted by atomic mass is 19.1. The van der Waals surface area contributed by atoms with Crippen molar-refractivity contribution in [1.29, 1.82) is 0 Å². The highest BCUT2D eigenvalue weighted by Crippen LogP contribution is 2.13. The molecule has 0 radical (unpaired) electrons. The van der Waals surface area contributed by atoms with Crippen LogP contribution in [0.3, 0.4) is 0 Å². The Labute approximate surface area is 146 Å². The monoisotopic (exact) mass is 344 g/mol. The zero-order valence-electron chi connectivity index (χ0n) is 14.2. The molecular formula is C19H21FN2O3. The minimum absolute atomic E-state index is 0.183. The first kappa shape index (κ1) is 18.4. The van der Waals surface area contributed by atoms with Gasteiger partial charge >= 0.3 is 12.0 Å². The number of nitrogens with one attached hydrogen (secondary N) is 1. The summed E-state index contributed by atoms with van der Waals surface area (Å²) in [6.45, 7) is 2.13. The van der Waals surface area contributed by atoms with E-state index in [0.717, 1.165) is 5.56 Å². The molecule has 2 amide bonds. The fraction of sp³-hybridized carbons (Fsp3) is 0.263. The highest BCUT2D eigenvalue weighted by molar-refractivity contribution is 5.89. The highest BCUT2D eigenvalue weighted by Gasteiger charge is 2.22. The predicted octanol–water partition coefficient (Wildman–Crippen LogP) is 3.67. The molecule has 0 aliphatic rings. The van der Waals surface area contributed by atoms with Crippen molar-refractivity contribution < 1.29 is 18.7 Å². The number of amides is 2. The second-order valence-corrected chi connectivity index (χ2v) is 5.73. The molecule has 2 rings (SSSR count). The third-order valence-corrected chi connectivity index (χ3v) is 3.70. The van der Waals surface area contributed by atoms with Crippen molar-refractivity contribution in [2.75, 3.05) is 19.0 Å². The van der Waals surface area contributed by atoms with Gasteiger partial charge in [0.15, 0.2) is 0 Å². The van der Waals surface area contributed by atoms with Gasteiger partial charge in [0, 0.05) is 18.8 Å². The number of nitrogens with zero attached hydrogens (tertiary/aromatic N) is 1. The first-order valence-electron chi connectivity index (χ1n) is 7.93. The van der Waals surface area contributed by atoms with Crippen molar-refractivity contribution in [3.8, 4) is 0 Å². The normalized spacial score (nSPS) is 11.5. The Morgan fingerprint density at radius 2 is 1.76 bits per heavy atom. The summed E-state index contributed by atoms with van der Waals surface area (Å²) < 4.78 is 17.8. The fourth-order valence-electron chi connectivity index (χ4n) is 2.36. The Hall–Kier alpha value is -2.89. The molecule has 0 bridgehead atoms. The van der Waals surface area contributed by atoms with Gasteiger partial charge in [0.25, 0.3) is 0 Å². The maximum Gasteiger partial charge on any atom is 0.322 e. The molecule has 0 aliphatic heterocycles. The van der Waals surface area contributed by atoms with Gasteiger partial charge in [-0.05, 0) is 29.8 Å². The molecule has 0 saturated heterocycles. The van der Waals surface area contributed by atoms with Crippen LogP contribution in [0.1, 0.15) is 12.5 Å². The van der Waals surface area contributed by atoms with Gasteiger partial charge in [-0.3, -0.25) is 4.79 Å². The molecule has 1 N–H and O–H groups in total. The number of anilines is 1. The summed E-state index contributed by atoms with van der Waals surface area (Å²) in [5.41, 5.74) is 1.42. The number of rotatable bonds is 6. The Kier molecular flexibility index (Phi) is 6.51. The van der Waals surface area contributed by atoms with E-state index in [1.54, 1.807) is 31.2 Å². The fourth-order valence-corrected chi connectivity index (χ4v) is 2.36. The summed E-state index contributed by atoms with van der Waals surface area (Å²) in [7, 11) is 1.31. The number of halogens is 1. The average molecular weight is 344 g/mol. The van der Waals surface area contributed by atoms with Crippen LogP contribution >= 0.6 is 0 Å². The summed E-state index contributed by atoms with van der Waals surface area (Å²) >= 11 is 0. The zero-order chi connectivity index (χ0) is 18.2. The van der Waals surface area contributed by atoms with Gasteiger partial charge in [-0.2, -0.15) is 0 Å². The lowest BCUT2D eigenvalue weighted by atomic mass is 10.1. The third kappa shape index (κ3) is 5.60. The number of para-hydroxylation sites is 1. The molecule has 6 heteroatoms. The summed E-state index contributed by atoms with van der Waals surface area (Å²) in [6.07, 6.45) is 0. The summed E-state index contributed by atoms with van der Waals surface area (Å²) in [6, 6.07) is 14.6. The Morgan fingerprint density at radius 1 is 1.12 bits per heavy atom. The molecule has 132 valence electrons. The van der Waals surface area contributed by atoms with Crippen LogP contribution in [0.4, 0.5) is 14.9 Å². The summed E-state index contributed by atoms with van der Waals surface area (Å²) in [5.74, 6) is -1.21. The molecule has 25 heavy (non-hydrogen) atoms. The predicted molar refractivity (Wildman–Crippen MR) is 93.5 cm³/mol. The number of carbonyl (C=O) groups is 2. The van der Waals surface area contributed by atoms with Gasteiger partial charge in [-0.25, -0.2) is 9.18 Å². The molecule has 1 atom stereocenters. The van der Waals surface area contributed by atoms with E-state index in [4.69, 9.17) is 4.74 Å². The van der Waals surface area contributed by atoms with Crippen LogP contribution < -0.4 is 5.32 Å². The van der Waals surface area contributed by atoms with E-state index in [1.807, 2.05) is 18.2 Å². The smallest absolute Gasteiger partial charge is 0.322 e. The minimum atomic E-state index is -0.480. The molecule has 2 aromatic rings. The largest absolute Gasteiger partial charge is 0.469 e. The van der Waals surface area contributed by atoms with Gasteiger partial charge in [0.05, 0.1) is 13.0 Å². The molecule has 0 heterocycles. The topological polar surface area (TPSA) is 58.6 Å². The van der Waals surface area contributed by atoms with Gasteiger partial charge < -0.3 is 15.0 Å². The molecule has 1 unspecified atom stereocenters. The molecule has 0 aliphatic carbocycles. The number of hydrogen-bond donors (Lipinski definition) is 1. The number of benzene rings is 2. The quantitative estimate of drug-likeness (QED) is 0.814. The van der Waals surface area contributed by atoms with Gasteiger partial charge in [0.1, 0.15) is 5.82 Å². The Balaban J connectivity index is 2.13. The first-order chi connectivity index (χ1) is 12.0. The van der Waals surface area contributed by atoms with E-state index in [0.29, 0.717) is 5.69 Å². The van der Waals surface area contributed by atoms with E-state index in [9.17, 15) is 14.0 Å². The SMILES string of the molecule is COC(=O)C(C)CN(Cc1ccc(F)cc1)C(=O)Nc1ccccc1. The van der Waals surface area contributed by atoms with E-state index in [-0.39, 0.29) is 24.9 Å². The Bertz CT molecular complexity index is 704. The molecular weight excluding hydrogens is 323 g/mol. The Morgan fingerprint density at radius 3 is 2.36 bits per heavy atom. The van der Waals surface area contributed by atoms with Gasteiger partial charge in [-0.1, -0.05) is 37.3 Å². The average Bonchev–Trinajstić information content (AvgIpc) is 2.62. The number of ether oxygens (including phenoxy) is 1. The van der Waals surface area contributed by atoms with Crippen molar-refractivity contribution >= 4 is 17.7 Å². The maximum absolute atomic E-state index is 13.1. The van der Waals surface area contributed by atoms with E-state index in [1.165, 1.54) is 24.1 Å².